The van der Waals surface area contributed by atoms with Crippen LogP contribution in [0.15, 0.2) is 44.9 Å². The Morgan fingerprint density at radius 2 is 1.82 bits per heavy atom. The highest BCUT2D eigenvalue weighted by atomic mass is 16.2. The van der Waals surface area contributed by atoms with Crippen molar-refractivity contribution in [3.63, 3.8) is 0 Å². The van der Waals surface area contributed by atoms with Crippen molar-refractivity contribution >= 4 is 11.9 Å². The van der Waals surface area contributed by atoms with Crippen LogP contribution < -0.4 is 11.2 Å². The molecule has 2 N–H and O–H groups in total. The van der Waals surface area contributed by atoms with E-state index in [4.69, 9.17) is 0 Å². The van der Waals surface area contributed by atoms with Crippen molar-refractivity contribution in [1.29, 1.82) is 0 Å². The predicted octanol–water partition coefficient (Wildman–Crippen LogP) is 1.12. The number of nitrogens with one attached hydrogen (secondary N) is 2. The van der Waals surface area contributed by atoms with E-state index in [1.54, 1.807) is 13.1 Å². The van der Waals surface area contributed by atoms with Crippen LogP contribution in [0.25, 0.3) is 0 Å². The fourth-order valence-corrected chi connectivity index (χ4v) is 1.43. The maximum Gasteiger partial charge on any atom is 0.326 e. The first-order valence-corrected chi connectivity index (χ1v) is 5.09. The Morgan fingerprint density at radius 3 is 2.47 bits per heavy atom. The third-order valence-electron chi connectivity index (χ3n) is 2.24. The van der Waals surface area contributed by atoms with Crippen LogP contribution in [0.4, 0.5) is 5.69 Å². The highest BCUT2D eigenvalue weighted by molar-refractivity contribution is 5.81. The first-order valence-electron chi connectivity index (χ1n) is 5.09. The second kappa shape index (κ2) is 4.61. The Balaban J connectivity index is 2.41. The molecule has 5 heteroatoms. The van der Waals surface area contributed by atoms with Crippen molar-refractivity contribution in [2.75, 3.05) is 0 Å². The molecule has 17 heavy (non-hydrogen) atoms. The summed E-state index contributed by atoms with van der Waals surface area (Å²) in [6.45, 7) is 1.63. The van der Waals surface area contributed by atoms with Gasteiger partial charge in [-0.1, -0.05) is 30.3 Å². The molecule has 2 rings (SSSR count). The number of aromatic amines is 2. The number of H-pyrrole nitrogens is 2. The maximum atomic E-state index is 11.5. The summed E-state index contributed by atoms with van der Waals surface area (Å²) in [5, 5.41) is 0. The van der Waals surface area contributed by atoms with E-state index in [1.165, 1.54) is 0 Å². The highest BCUT2D eigenvalue weighted by Crippen LogP contribution is 2.07. The lowest BCUT2D eigenvalue weighted by Gasteiger charge is -1.97. The van der Waals surface area contributed by atoms with Gasteiger partial charge in [0.05, 0.1) is 0 Å². The standard InChI is InChI=1S/C12H11N3O2/c1-8-10(11(16)15-12(17)14-8)13-7-9-5-3-2-4-6-9/h2-7H,1H3,(H2,14,15,16,17)/b13-7+. The molecule has 0 spiro atoms. The van der Waals surface area contributed by atoms with Gasteiger partial charge in [-0.3, -0.25) is 9.78 Å². The molecule has 1 aromatic carbocycles. The number of benzene rings is 1. The summed E-state index contributed by atoms with van der Waals surface area (Å²) in [7, 11) is 0. The number of aromatic nitrogens is 2. The molecule has 0 atom stereocenters. The Labute approximate surface area is 96.9 Å². The number of hydrogen-bond acceptors (Lipinski definition) is 3. The molecule has 0 aliphatic carbocycles. The number of rotatable bonds is 2. The van der Waals surface area contributed by atoms with Crippen molar-refractivity contribution in [3.8, 4) is 0 Å². The normalized spacial score (nSPS) is 10.9. The van der Waals surface area contributed by atoms with E-state index in [-0.39, 0.29) is 5.69 Å². The summed E-state index contributed by atoms with van der Waals surface area (Å²) < 4.78 is 0. The van der Waals surface area contributed by atoms with Crippen molar-refractivity contribution in [2.45, 2.75) is 6.92 Å². The first kappa shape index (κ1) is 11.1. The van der Waals surface area contributed by atoms with Crippen LogP contribution in [-0.4, -0.2) is 16.2 Å². The number of hydrogen-bond donors (Lipinski definition) is 2. The van der Waals surface area contributed by atoms with Crippen molar-refractivity contribution in [1.82, 2.24) is 9.97 Å². The molecule has 0 saturated carbocycles. The van der Waals surface area contributed by atoms with Gasteiger partial charge in [0, 0.05) is 11.9 Å². The molecule has 0 unspecified atom stereocenters. The van der Waals surface area contributed by atoms with Gasteiger partial charge in [0.15, 0.2) is 0 Å². The molecule has 1 heterocycles. The predicted molar refractivity (Wildman–Crippen MR) is 66.1 cm³/mol. The van der Waals surface area contributed by atoms with Gasteiger partial charge in [-0.05, 0) is 12.5 Å². The van der Waals surface area contributed by atoms with Gasteiger partial charge in [-0.2, -0.15) is 0 Å². The zero-order valence-electron chi connectivity index (χ0n) is 9.23. The van der Waals surface area contributed by atoms with Crippen molar-refractivity contribution < 1.29 is 0 Å². The second-order valence-corrected chi connectivity index (χ2v) is 3.55. The molecule has 5 nitrogen and oxygen atoms in total. The van der Waals surface area contributed by atoms with Gasteiger partial charge in [0.1, 0.15) is 5.69 Å². The summed E-state index contributed by atoms with van der Waals surface area (Å²) in [5.74, 6) is 0. The molecule has 0 aliphatic rings. The van der Waals surface area contributed by atoms with Gasteiger partial charge in [0.2, 0.25) is 0 Å². The fraction of sp³-hybridized carbons (Fsp3) is 0.0833. The van der Waals surface area contributed by atoms with E-state index in [2.05, 4.69) is 15.0 Å². The zero-order chi connectivity index (χ0) is 12.3. The Hall–Kier alpha value is -2.43. The van der Waals surface area contributed by atoms with Crippen LogP contribution >= 0.6 is 0 Å². The molecule has 0 saturated heterocycles. The van der Waals surface area contributed by atoms with Gasteiger partial charge in [0.25, 0.3) is 5.56 Å². The van der Waals surface area contributed by atoms with E-state index in [0.717, 1.165) is 5.56 Å². The van der Waals surface area contributed by atoms with E-state index < -0.39 is 11.2 Å². The monoisotopic (exact) mass is 229 g/mol. The molecular formula is C12H11N3O2. The topological polar surface area (TPSA) is 78.1 Å². The van der Waals surface area contributed by atoms with E-state index in [0.29, 0.717) is 5.69 Å². The Bertz CT molecular complexity index is 653. The average Bonchev–Trinajstić information content (AvgIpc) is 2.29. The van der Waals surface area contributed by atoms with Gasteiger partial charge < -0.3 is 4.98 Å². The Kier molecular flexibility index (Phi) is 3.00. The fourth-order valence-electron chi connectivity index (χ4n) is 1.43. The average molecular weight is 229 g/mol. The maximum absolute atomic E-state index is 11.5. The molecule has 86 valence electrons. The lowest BCUT2D eigenvalue weighted by atomic mass is 10.2. The van der Waals surface area contributed by atoms with Gasteiger partial charge in [-0.15, -0.1) is 0 Å². The van der Waals surface area contributed by atoms with Crippen LogP contribution in [-0.2, 0) is 0 Å². The quantitative estimate of drug-likeness (QED) is 0.757. The highest BCUT2D eigenvalue weighted by Gasteiger charge is 2.02. The number of aliphatic imine (C=N–C) groups is 1. The van der Waals surface area contributed by atoms with Crippen LogP contribution in [0.5, 0.6) is 0 Å². The van der Waals surface area contributed by atoms with Crippen molar-refractivity contribution in [2.24, 2.45) is 4.99 Å². The van der Waals surface area contributed by atoms with Crippen molar-refractivity contribution in [3.05, 3.63) is 62.4 Å². The van der Waals surface area contributed by atoms with Gasteiger partial charge >= 0.3 is 5.69 Å². The minimum atomic E-state index is -0.522. The van der Waals surface area contributed by atoms with E-state index in [1.807, 2.05) is 30.3 Å². The summed E-state index contributed by atoms with van der Waals surface area (Å²) in [4.78, 5) is 31.2. The number of nitrogens with zero attached hydrogens (tertiary/aromatic N) is 1. The lowest BCUT2D eigenvalue weighted by Crippen LogP contribution is -2.22. The summed E-state index contributed by atoms with van der Waals surface area (Å²) in [6, 6.07) is 9.41. The molecule has 0 aliphatic heterocycles. The largest absolute Gasteiger partial charge is 0.326 e. The van der Waals surface area contributed by atoms with Crippen LogP contribution in [0.3, 0.4) is 0 Å². The molecule has 0 amide bonds. The van der Waals surface area contributed by atoms with Gasteiger partial charge in [-0.25, -0.2) is 9.79 Å². The Morgan fingerprint density at radius 1 is 1.12 bits per heavy atom. The molecule has 0 fully saturated rings. The SMILES string of the molecule is Cc1[nH]c(=O)[nH]c(=O)c1/N=C/c1ccccc1. The van der Waals surface area contributed by atoms with Crippen LogP contribution in [0, 0.1) is 6.92 Å². The zero-order valence-corrected chi connectivity index (χ0v) is 9.23. The first-order chi connectivity index (χ1) is 8.16. The summed E-state index contributed by atoms with van der Waals surface area (Å²) in [5.41, 5.74) is 0.543. The van der Waals surface area contributed by atoms with Crippen LogP contribution in [0.2, 0.25) is 0 Å². The molecule has 0 bridgehead atoms. The molecule has 2 aromatic rings. The molecular weight excluding hydrogens is 218 g/mol. The molecule has 0 radical (unpaired) electrons. The minimum Gasteiger partial charge on any atom is -0.309 e. The van der Waals surface area contributed by atoms with E-state index in [9.17, 15) is 9.59 Å². The second-order valence-electron chi connectivity index (χ2n) is 3.55. The van der Waals surface area contributed by atoms with E-state index >= 15 is 0 Å². The minimum absolute atomic E-state index is 0.216. The summed E-state index contributed by atoms with van der Waals surface area (Å²) in [6.07, 6.45) is 1.58. The smallest absolute Gasteiger partial charge is 0.309 e. The number of aryl methyl sites for hydroxylation is 1. The lowest BCUT2D eigenvalue weighted by molar-refractivity contribution is 0.992. The third-order valence-corrected chi connectivity index (χ3v) is 2.24. The summed E-state index contributed by atoms with van der Waals surface area (Å²) >= 11 is 0. The van der Waals surface area contributed by atoms with Crippen LogP contribution in [0.1, 0.15) is 11.3 Å². The third kappa shape index (κ3) is 2.57. The molecule has 1 aromatic heterocycles.